The van der Waals surface area contributed by atoms with Gasteiger partial charge in [-0.3, -0.25) is 9.58 Å². The third-order valence-electron chi connectivity index (χ3n) is 3.09. The molecule has 0 aliphatic heterocycles. The van der Waals surface area contributed by atoms with Gasteiger partial charge in [0, 0.05) is 25.5 Å². The molecule has 2 aromatic rings. The van der Waals surface area contributed by atoms with Gasteiger partial charge in [0.05, 0.1) is 12.6 Å². The molecule has 1 heterocycles. The van der Waals surface area contributed by atoms with Crippen molar-refractivity contribution in [3.63, 3.8) is 0 Å². The lowest BCUT2D eigenvalue weighted by atomic mass is 10.2. The molecular formula is C15H18F3N3O2. The lowest BCUT2D eigenvalue weighted by Gasteiger charge is -2.20. The fourth-order valence-electron chi connectivity index (χ4n) is 2.21. The van der Waals surface area contributed by atoms with Gasteiger partial charge < -0.3 is 9.84 Å². The zero-order valence-corrected chi connectivity index (χ0v) is 12.6. The minimum Gasteiger partial charge on any atom is -0.406 e. The summed E-state index contributed by atoms with van der Waals surface area (Å²) >= 11 is 0. The van der Waals surface area contributed by atoms with Crippen molar-refractivity contribution < 1.29 is 23.0 Å². The standard InChI is InChI=1S/C15H18F3N3O2/c1-20(10-13(22)11-21-8-2-7-19-21)9-12-3-5-14(6-4-12)23-15(16,17)18/h2-8,13,22H,9-11H2,1H3/t13-/m1/s1. The summed E-state index contributed by atoms with van der Waals surface area (Å²) < 4.78 is 41.7. The van der Waals surface area contributed by atoms with Gasteiger partial charge in [-0.15, -0.1) is 13.2 Å². The summed E-state index contributed by atoms with van der Waals surface area (Å²) in [5, 5.41) is 14.0. The predicted octanol–water partition coefficient (Wildman–Crippen LogP) is 2.27. The number of hydrogen-bond donors (Lipinski definition) is 1. The molecule has 0 aliphatic carbocycles. The number of aliphatic hydroxyl groups is 1. The van der Waals surface area contributed by atoms with Crippen molar-refractivity contribution in [2.75, 3.05) is 13.6 Å². The first-order valence-corrected chi connectivity index (χ1v) is 7.00. The maximum absolute atomic E-state index is 12.1. The molecule has 126 valence electrons. The molecule has 0 amide bonds. The Hall–Kier alpha value is -2.06. The quantitative estimate of drug-likeness (QED) is 0.847. The van der Waals surface area contributed by atoms with Crippen LogP contribution < -0.4 is 4.74 Å². The highest BCUT2D eigenvalue weighted by Gasteiger charge is 2.30. The van der Waals surface area contributed by atoms with Crippen molar-refractivity contribution in [2.45, 2.75) is 25.6 Å². The van der Waals surface area contributed by atoms with Gasteiger partial charge in [-0.25, -0.2) is 0 Å². The van der Waals surface area contributed by atoms with Crippen LogP contribution in [0.4, 0.5) is 13.2 Å². The Morgan fingerprint density at radius 2 is 2.00 bits per heavy atom. The van der Waals surface area contributed by atoms with Crippen LogP contribution in [-0.2, 0) is 13.1 Å². The number of halogens is 3. The number of nitrogens with zero attached hydrogens (tertiary/aromatic N) is 3. The van der Waals surface area contributed by atoms with Crippen molar-refractivity contribution in [3.05, 3.63) is 48.3 Å². The van der Waals surface area contributed by atoms with E-state index in [1.54, 1.807) is 35.3 Å². The molecule has 0 unspecified atom stereocenters. The van der Waals surface area contributed by atoms with E-state index in [0.717, 1.165) is 5.56 Å². The molecule has 2 rings (SSSR count). The van der Waals surface area contributed by atoms with Crippen LogP contribution in [0.5, 0.6) is 5.75 Å². The Morgan fingerprint density at radius 3 is 2.57 bits per heavy atom. The normalized spacial score (nSPS) is 13.3. The van der Waals surface area contributed by atoms with Crippen molar-refractivity contribution in [2.24, 2.45) is 0 Å². The molecule has 0 saturated carbocycles. The van der Waals surface area contributed by atoms with Crippen molar-refractivity contribution in [1.82, 2.24) is 14.7 Å². The summed E-state index contributed by atoms with van der Waals surface area (Å²) in [6, 6.07) is 7.46. The molecule has 23 heavy (non-hydrogen) atoms. The van der Waals surface area contributed by atoms with Crippen LogP contribution >= 0.6 is 0 Å². The average molecular weight is 329 g/mol. The largest absolute Gasteiger partial charge is 0.573 e. The molecular weight excluding hydrogens is 311 g/mol. The second kappa shape index (κ2) is 7.47. The van der Waals surface area contributed by atoms with Gasteiger partial charge in [-0.05, 0) is 30.8 Å². The Balaban J connectivity index is 1.81. The van der Waals surface area contributed by atoms with E-state index in [2.05, 4.69) is 9.84 Å². The smallest absolute Gasteiger partial charge is 0.406 e. The van der Waals surface area contributed by atoms with E-state index in [-0.39, 0.29) is 5.75 Å². The summed E-state index contributed by atoms with van der Waals surface area (Å²) in [6.07, 6.45) is -1.87. The van der Waals surface area contributed by atoms with Gasteiger partial charge in [-0.2, -0.15) is 5.10 Å². The molecule has 1 atom stereocenters. The van der Waals surface area contributed by atoms with Crippen molar-refractivity contribution >= 4 is 0 Å². The zero-order chi connectivity index (χ0) is 16.9. The number of hydrogen-bond acceptors (Lipinski definition) is 4. The minimum absolute atomic E-state index is 0.248. The second-order valence-electron chi connectivity index (χ2n) is 5.27. The highest BCUT2D eigenvalue weighted by Crippen LogP contribution is 2.22. The first-order chi connectivity index (χ1) is 10.8. The van der Waals surface area contributed by atoms with Gasteiger partial charge in [0.15, 0.2) is 0 Å². The molecule has 0 fully saturated rings. The minimum atomic E-state index is -4.69. The van der Waals surface area contributed by atoms with Gasteiger partial charge in [0.25, 0.3) is 0 Å². The first kappa shape index (κ1) is 17.3. The van der Waals surface area contributed by atoms with Gasteiger partial charge in [-0.1, -0.05) is 12.1 Å². The van der Waals surface area contributed by atoms with Crippen LogP contribution in [-0.4, -0.2) is 45.8 Å². The SMILES string of the molecule is CN(Cc1ccc(OC(F)(F)F)cc1)C[C@@H](O)Cn1cccn1. The van der Waals surface area contributed by atoms with E-state index < -0.39 is 12.5 Å². The molecule has 0 aliphatic rings. The van der Waals surface area contributed by atoms with E-state index >= 15 is 0 Å². The number of ether oxygens (including phenoxy) is 1. The molecule has 8 heteroatoms. The topological polar surface area (TPSA) is 50.5 Å². The van der Waals surface area contributed by atoms with Crippen LogP contribution in [0.25, 0.3) is 0 Å². The van der Waals surface area contributed by atoms with Crippen molar-refractivity contribution in [3.8, 4) is 5.75 Å². The Kier molecular flexibility index (Phi) is 5.62. The molecule has 0 saturated heterocycles. The van der Waals surface area contributed by atoms with E-state index in [0.29, 0.717) is 19.6 Å². The number of likely N-dealkylation sites (N-methyl/N-ethyl adjacent to an activating group) is 1. The second-order valence-corrected chi connectivity index (χ2v) is 5.27. The van der Waals surface area contributed by atoms with Crippen LogP contribution in [0.15, 0.2) is 42.7 Å². The number of aromatic nitrogens is 2. The maximum Gasteiger partial charge on any atom is 0.573 e. The molecule has 5 nitrogen and oxygen atoms in total. The van der Waals surface area contributed by atoms with Crippen molar-refractivity contribution in [1.29, 1.82) is 0 Å². The van der Waals surface area contributed by atoms with E-state index in [4.69, 9.17) is 0 Å². The summed E-state index contributed by atoms with van der Waals surface area (Å²) in [4.78, 5) is 1.88. The first-order valence-electron chi connectivity index (χ1n) is 7.00. The Morgan fingerprint density at radius 1 is 1.30 bits per heavy atom. The predicted molar refractivity (Wildman–Crippen MR) is 77.7 cm³/mol. The average Bonchev–Trinajstić information content (AvgIpc) is 2.91. The van der Waals surface area contributed by atoms with Crippen LogP contribution in [0.2, 0.25) is 0 Å². The number of aliphatic hydroxyl groups excluding tert-OH is 1. The highest BCUT2D eigenvalue weighted by atomic mass is 19.4. The summed E-state index contributed by atoms with van der Waals surface area (Å²) in [5.74, 6) is -0.248. The molecule has 0 radical (unpaired) electrons. The summed E-state index contributed by atoms with van der Waals surface area (Å²) in [7, 11) is 1.83. The Bertz CT molecular complexity index is 585. The van der Waals surface area contributed by atoms with Crippen LogP contribution in [0.1, 0.15) is 5.56 Å². The van der Waals surface area contributed by atoms with E-state index in [1.165, 1.54) is 12.1 Å². The van der Waals surface area contributed by atoms with Crippen LogP contribution in [0.3, 0.4) is 0 Å². The molecule has 1 aromatic carbocycles. The van der Waals surface area contributed by atoms with Crippen LogP contribution in [0, 0.1) is 0 Å². The highest BCUT2D eigenvalue weighted by molar-refractivity contribution is 5.27. The summed E-state index contributed by atoms with van der Waals surface area (Å²) in [6.45, 7) is 1.30. The van der Waals surface area contributed by atoms with E-state index in [9.17, 15) is 18.3 Å². The molecule has 0 spiro atoms. The third-order valence-corrected chi connectivity index (χ3v) is 3.09. The molecule has 1 N–H and O–H groups in total. The number of benzene rings is 1. The van der Waals surface area contributed by atoms with Gasteiger partial charge in [0.2, 0.25) is 0 Å². The zero-order valence-electron chi connectivity index (χ0n) is 12.6. The summed E-state index contributed by atoms with van der Waals surface area (Å²) in [5.41, 5.74) is 0.827. The maximum atomic E-state index is 12.1. The number of rotatable bonds is 7. The van der Waals surface area contributed by atoms with Gasteiger partial charge >= 0.3 is 6.36 Å². The number of alkyl halides is 3. The van der Waals surface area contributed by atoms with E-state index in [1.807, 2.05) is 11.9 Å². The fraction of sp³-hybridized carbons (Fsp3) is 0.400. The monoisotopic (exact) mass is 329 g/mol. The van der Waals surface area contributed by atoms with Gasteiger partial charge in [0.1, 0.15) is 5.75 Å². The lowest BCUT2D eigenvalue weighted by Crippen LogP contribution is -2.31. The molecule has 1 aromatic heterocycles. The Labute approximate surface area is 131 Å². The lowest BCUT2D eigenvalue weighted by molar-refractivity contribution is -0.274. The fourth-order valence-corrected chi connectivity index (χ4v) is 2.21. The third kappa shape index (κ3) is 6.29. The molecule has 0 bridgehead atoms.